The van der Waals surface area contributed by atoms with Crippen LogP contribution >= 0.6 is 0 Å². The van der Waals surface area contributed by atoms with Gasteiger partial charge >= 0.3 is 0 Å². The molecule has 0 saturated heterocycles. The fourth-order valence-electron chi connectivity index (χ4n) is 1.45. The molecule has 0 saturated carbocycles. The fourth-order valence-corrected chi connectivity index (χ4v) is 1.45. The Morgan fingerprint density at radius 1 is 1.47 bits per heavy atom. The summed E-state index contributed by atoms with van der Waals surface area (Å²) in [7, 11) is 0. The summed E-state index contributed by atoms with van der Waals surface area (Å²) < 4.78 is 6.77. The van der Waals surface area contributed by atoms with Gasteiger partial charge in [0.15, 0.2) is 5.82 Å². The first-order valence-electron chi connectivity index (χ1n) is 5.72. The first-order chi connectivity index (χ1) is 8.31. The minimum Gasteiger partial charge on any atom is -0.337 e. The lowest BCUT2D eigenvalue weighted by molar-refractivity contribution is 0.360. The lowest BCUT2D eigenvalue weighted by Gasteiger charge is -1.92. The number of nitrogens with two attached hydrogens (primary N) is 1. The van der Waals surface area contributed by atoms with E-state index in [0.29, 0.717) is 24.8 Å². The summed E-state index contributed by atoms with van der Waals surface area (Å²) >= 11 is 0. The zero-order chi connectivity index (χ0) is 12.1. The fraction of sp³-hybridized carbons (Fsp3) is 0.600. The zero-order valence-corrected chi connectivity index (χ0v) is 9.83. The zero-order valence-electron chi connectivity index (χ0n) is 9.83. The highest BCUT2D eigenvalue weighted by Crippen LogP contribution is 2.02. The average molecular weight is 236 g/mol. The van der Waals surface area contributed by atoms with Crippen LogP contribution in [0.15, 0.2) is 10.7 Å². The smallest absolute Gasteiger partial charge is 0.248 e. The van der Waals surface area contributed by atoms with Gasteiger partial charge < -0.3 is 10.3 Å². The second-order valence-electron chi connectivity index (χ2n) is 3.76. The molecule has 2 rings (SSSR count). The minimum atomic E-state index is 0.461. The maximum absolute atomic E-state index is 5.44. The van der Waals surface area contributed by atoms with E-state index >= 15 is 0 Å². The highest BCUT2D eigenvalue weighted by atomic mass is 16.5. The number of aromatic nitrogens is 5. The molecule has 0 amide bonds. The lowest BCUT2D eigenvalue weighted by atomic mass is 10.2. The van der Waals surface area contributed by atoms with Crippen LogP contribution in [0.4, 0.5) is 0 Å². The van der Waals surface area contributed by atoms with Gasteiger partial charge in [0, 0.05) is 12.6 Å². The van der Waals surface area contributed by atoms with Crippen LogP contribution in [-0.2, 0) is 19.4 Å². The Kier molecular flexibility index (Phi) is 3.81. The molecule has 0 bridgehead atoms. The Morgan fingerprint density at radius 3 is 3.06 bits per heavy atom. The third-order valence-corrected chi connectivity index (χ3v) is 2.35. The normalized spacial score (nSPS) is 10.9. The number of rotatable bonds is 6. The SMILES string of the molecule is CCc1noc(Cn2cc(CCCN)nn2)n1. The second kappa shape index (κ2) is 5.53. The Labute approximate surface area is 99.0 Å². The van der Waals surface area contributed by atoms with E-state index in [2.05, 4.69) is 20.5 Å². The summed E-state index contributed by atoms with van der Waals surface area (Å²) in [4.78, 5) is 4.21. The molecule has 0 aromatic carbocycles. The minimum absolute atomic E-state index is 0.461. The molecule has 0 aliphatic rings. The van der Waals surface area contributed by atoms with Crippen molar-refractivity contribution < 1.29 is 4.52 Å². The van der Waals surface area contributed by atoms with Crippen molar-refractivity contribution in [3.8, 4) is 0 Å². The summed E-state index contributed by atoms with van der Waals surface area (Å²) in [6, 6.07) is 0. The van der Waals surface area contributed by atoms with Gasteiger partial charge in [0.1, 0.15) is 6.54 Å². The molecule has 0 aliphatic carbocycles. The van der Waals surface area contributed by atoms with Crippen molar-refractivity contribution in [1.29, 1.82) is 0 Å². The van der Waals surface area contributed by atoms with E-state index in [4.69, 9.17) is 10.3 Å². The van der Waals surface area contributed by atoms with Crippen molar-refractivity contribution >= 4 is 0 Å². The first-order valence-corrected chi connectivity index (χ1v) is 5.72. The summed E-state index contributed by atoms with van der Waals surface area (Å²) in [6.45, 7) is 3.11. The molecule has 2 heterocycles. The van der Waals surface area contributed by atoms with Gasteiger partial charge in [-0.1, -0.05) is 17.3 Å². The van der Waals surface area contributed by atoms with E-state index in [1.165, 1.54) is 0 Å². The highest BCUT2D eigenvalue weighted by molar-refractivity contribution is 4.94. The average Bonchev–Trinajstić information content (AvgIpc) is 2.96. The van der Waals surface area contributed by atoms with Crippen LogP contribution < -0.4 is 5.73 Å². The molecule has 2 N–H and O–H groups in total. The van der Waals surface area contributed by atoms with Crippen LogP contribution in [0.25, 0.3) is 0 Å². The number of hydrogen-bond acceptors (Lipinski definition) is 6. The van der Waals surface area contributed by atoms with Crippen molar-refractivity contribution in [2.45, 2.75) is 32.7 Å². The predicted molar refractivity (Wildman–Crippen MR) is 60.2 cm³/mol. The van der Waals surface area contributed by atoms with Gasteiger partial charge in [0.25, 0.3) is 0 Å². The third kappa shape index (κ3) is 3.10. The van der Waals surface area contributed by atoms with Crippen molar-refractivity contribution in [2.24, 2.45) is 5.73 Å². The second-order valence-corrected chi connectivity index (χ2v) is 3.76. The quantitative estimate of drug-likeness (QED) is 0.767. The molecule has 2 aromatic rings. The van der Waals surface area contributed by atoms with Crippen molar-refractivity contribution in [2.75, 3.05) is 6.54 Å². The maximum atomic E-state index is 5.44. The lowest BCUT2D eigenvalue weighted by Crippen LogP contribution is -2.01. The first kappa shape index (κ1) is 11.7. The van der Waals surface area contributed by atoms with Gasteiger partial charge in [-0.25, -0.2) is 4.68 Å². The molecule has 92 valence electrons. The number of hydrogen-bond donors (Lipinski definition) is 1. The Morgan fingerprint density at radius 2 is 2.35 bits per heavy atom. The Hall–Kier alpha value is -1.76. The van der Waals surface area contributed by atoms with Gasteiger partial charge in [-0.3, -0.25) is 0 Å². The van der Waals surface area contributed by atoms with Crippen LogP contribution in [0.2, 0.25) is 0 Å². The summed E-state index contributed by atoms with van der Waals surface area (Å²) in [5, 5.41) is 11.9. The molecule has 2 aromatic heterocycles. The van der Waals surface area contributed by atoms with Crippen LogP contribution in [-0.4, -0.2) is 31.7 Å². The van der Waals surface area contributed by atoms with Crippen LogP contribution in [0.3, 0.4) is 0 Å². The van der Waals surface area contributed by atoms with E-state index in [0.717, 1.165) is 25.0 Å². The van der Waals surface area contributed by atoms with E-state index < -0.39 is 0 Å². The van der Waals surface area contributed by atoms with Gasteiger partial charge in [-0.05, 0) is 19.4 Å². The van der Waals surface area contributed by atoms with Crippen LogP contribution in [0, 0.1) is 0 Å². The number of nitrogens with zero attached hydrogens (tertiary/aromatic N) is 5. The predicted octanol–water partition coefficient (Wildman–Crippen LogP) is 0.163. The van der Waals surface area contributed by atoms with E-state index in [-0.39, 0.29) is 0 Å². The van der Waals surface area contributed by atoms with E-state index in [9.17, 15) is 0 Å². The van der Waals surface area contributed by atoms with Crippen LogP contribution in [0.1, 0.15) is 30.8 Å². The van der Waals surface area contributed by atoms with E-state index in [1.807, 2.05) is 13.1 Å². The van der Waals surface area contributed by atoms with Crippen molar-refractivity contribution in [3.63, 3.8) is 0 Å². The highest BCUT2D eigenvalue weighted by Gasteiger charge is 2.07. The van der Waals surface area contributed by atoms with Gasteiger partial charge in [-0.15, -0.1) is 5.10 Å². The van der Waals surface area contributed by atoms with Crippen molar-refractivity contribution in [1.82, 2.24) is 25.1 Å². The molecule has 0 atom stereocenters. The molecule has 7 heteroatoms. The summed E-state index contributed by atoms with van der Waals surface area (Å²) in [6.07, 6.45) is 4.41. The van der Waals surface area contributed by atoms with E-state index in [1.54, 1.807) is 4.68 Å². The standard InChI is InChI=1S/C10H16N6O/c1-2-9-12-10(17-14-9)7-16-6-8(13-15-16)4-3-5-11/h6H,2-5,7,11H2,1H3. The summed E-state index contributed by atoms with van der Waals surface area (Å²) in [5.41, 5.74) is 6.37. The molecular formula is C10H16N6O. The number of aryl methyl sites for hydroxylation is 2. The van der Waals surface area contributed by atoms with Gasteiger partial charge in [-0.2, -0.15) is 4.98 Å². The molecule has 0 spiro atoms. The van der Waals surface area contributed by atoms with Gasteiger partial charge in [0.05, 0.1) is 5.69 Å². The monoisotopic (exact) mass is 236 g/mol. The Balaban J connectivity index is 1.96. The molecule has 0 unspecified atom stereocenters. The maximum Gasteiger partial charge on any atom is 0.248 e. The molecule has 0 radical (unpaired) electrons. The Bertz CT molecular complexity index is 463. The molecular weight excluding hydrogens is 220 g/mol. The van der Waals surface area contributed by atoms with Crippen molar-refractivity contribution in [3.05, 3.63) is 23.6 Å². The molecule has 17 heavy (non-hydrogen) atoms. The summed E-state index contributed by atoms with van der Waals surface area (Å²) in [5.74, 6) is 1.26. The molecule has 7 nitrogen and oxygen atoms in total. The largest absolute Gasteiger partial charge is 0.337 e. The topological polar surface area (TPSA) is 95.7 Å². The molecule has 0 aliphatic heterocycles. The van der Waals surface area contributed by atoms with Crippen LogP contribution in [0.5, 0.6) is 0 Å². The molecule has 0 fully saturated rings. The van der Waals surface area contributed by atoms with Gasteiger partial charge in [0.2, 0.25) is 5.89 Å². The third-order valence-electron chi connectivity index (χ3n) is 2.35.